The second-order valence-corrected chi connectivity index (χ2v) is 6.22. The summed E-state index contributed by atoms with van der Waals surface area (Å²) in [6.07, 6.45) is 1.75. The van der Waals surface area contributed by atoms with E-state index in [0.29, 0.717) is 16.3 Å². The molecule has 28 heavy (non-hydrogen) atoms. The molecule has 3 aromatic rings. The maximum Gasteiger partial charge on any atom is 0.345 e. The summed E-state index contributed by atoms with van der Waals surface area (Å²) in [5.74, 6) is 0.0662. The molecule has 0 N–H and O–H groups in total. The molecule has 0 amide bonds. The third-order valence-electron chi connectivity index (χ3n) is 4.00. The number of nitriles is 1. The van der Waals surface area contributed by atoms with E-state index in [9.17, 15) is 10.1 Å². The average molecular weight is 390 g/mol. The van der Waals surface area contributed by atoms with E-state index in [-0.39, 0.29) is 11.3 Å². The van der Waals surface area contributed by atoms with Crippen LogP contribution >= 0.6 is 11.6 Å². The number of nitrogens with zero attached hydrogens (tertiary/aromatic N) is 1. The molecule has 0 saturated carbocycles. The van der Waals surface area contributed by atoms with E-state index in [1.807, 2.05) is 30.3 Å². The highest BCUT2D eigenvalue weighted by molar-refractivity contribution is 6.33. The molecular formula is C23H16ClNO3. The van der Waals surface area contributed by atoms with Crippen molar-refractivity contribution in [1.82, 2.24) is 0 Å². The van der Waals surface area contributed by atoms with E-state index in [4.69, 9.17) is 21.1 Å². The van der Waals surface area contributed by atoms with Crippen LogP contribution in [-0.2, 0) is 0 Å². The maximum atomic E-state index is 12.4. The lowest BCUT2D eigenvalue weighted by molar-refractivity contribution is 0.0730. The van der Waals surface area contributed by atoms with Gasteiger partial charge >= 0.3 is 5.97 Å². The van der Waals surface area contributed by atoms with Gasteiger partial charge in [0.2, 0.25) is 0 Å². The number of hydrogen-bond donors (Lipinski definition) is 0. The van der Waals surface area contributed by atoms with Gasteiger partial charge in [0.1, 0.15) is 0 Å². The molecule has 5 heteroatoms. The second-order valence-electron chi connectivity index (χ2n) is 5.82. The number of halogens is 1. The predicted octanol–water partition coefficient (Wildman–Crippen LogP) is 5.63. The van der Waals surface area contributed by atoms with E-state index < -0.39 is 5.97 Å². The number of rotatable bonds is 5. The Kier molecular flexibility index (Phi) is 6.11. The lowest BCUT2D eigenvalue weighted by Crippen LogP contribution is -2.09. The Morgan fingerprint density at radius 2 is 1.71 bits per heavy atom. The van der Waals surface area contributed by atoms with Crippen LogP contribution in [0.5, 0.6) is 11.5 Å². The molecule has 0 atom stereocenters. The molecule has 0 heterocycles. The van der Waals surface area contributed by atoms with Crippen molar-refractivity contribution < 1.29 is 14.3 Å². The van der Waals surface area contributed by atoms with Crippen molar-refractivity contribution in [2.75, 3.05) is 7.11 Å². The summed E-state index contributed by atoms with van der Waals surface area (Å²) in [7, 11) is 1.48. The molecule has 0 aliphatic rings. The van der Waals surface area contributed by atoms with Crippen LogP contribution in [0.4, 0.5) is 0 Å². The summed E-state index contributed by atoms with van der Waals surface area (Å²) in [5.41, 5.74) is 2.35. The van der Waals surface area contributed by atoms with E-state index in [1.54, 1.807) is 48.5 Å². The van der Waals surface area contributed by atoms with Gasteiger partial charge in [-0.15, -0.1) is 0 Å². The summed E-state index contributed by atoms with van der Waals surface area (Å²) in [6, 6.07) is 23.3. The van der Waals surface area contributed by atoms with Gasteiger partial charge in [-0.3, -0.25) is 0 Å². The zero-order chi connectivity index (χ0) is 19.9. The van der Waals surface area contributed by atoms with Gasteiger partial charge in [-0.25, -0.2) is 4.79 Å². The Morgan fingerprint density at radius 3 is 2.39 bits per heavy atom. The molecule has 0 radical (unpaired) electrons. The monoisotopic (exact) mass is 389 g/mol. The highest BCUT2D eigenvalue weighted by Gasteiger charge is 2.15. The fourth-order valence-corrected chi connectivity index (χ4v) is 2.82. The third-order valence-corrected chi connectivity index (χ3v) is 4.33. The van der Waals surface area contributed by atoms with Crippen molar-refractivity contribution in [2.45, 2.75) is 0 Å². The third kappa shape index (κ3) is 4.40. The summed E-state index contributed by atoms with van der Waals surface area (Å²) in [5, 5.41) is 9.77. The Bertz CT molecular complexity index is 1070. The molecule has 0 bridgehead atoms. The smallest absolute Gasteiger partial charge is 0.345 e. The average Bonchev–Trinajstić information content (AvgIpc) is 2.73. The lowest BCUT2D eigenvalue weighted by Gasteiger charge is -2.11. The SMILES string of the molecule is COc1cc(/C=C(/C#N)c2ccccc2)ccc1OC(=O)c1ccccc1Cl. The quantitative estimate of drug-likeness (QED) is 0.245. The lowest BCUT2D eigenvalue weighted by atomic mass is 10.0. The molecule has 3 aromatic carbocycles. The Morgan fingerprint density at radius 1 is 1.00 bits per heavy atom. The number of benzene rings is 3. The van der Waals surface area contributed by atoms with Crippen LogP contribution in [0.25, 0.3) is 11.6 Å². The van der Waals surface area contributed by atoms with Crippen LogP contribution in [0.15, 0.2) is 72.8 Å². The van der Waals surface area contributed by atoms with Crippen molar-refractivity contribution in [3.05, 3.63) is 94.5 Å². The zero-order valence-corrected chi connectivity index (χ0v) is 15.8. The Balaban J connectivity index is 1.89. The molecule has 4 nitrogen and oxygen atoms in total. The number of allylic oxidation sites excluding steroid dienone is 1. The van der Waals surface area contributed by atoms with Crippen molar-refractivity contribution in [2.24, 2.45) is 0 Å². The summed E-state index contributed by atoms with van der Waals surface area (Å²) in [6.45, 7) is 0. The van der Waals surface area contributed by atoms with Crippen LogP contribution in [0.2, 0.25) is 5.02 Å². The summed E-state index contributed by atoms with van der Waals surface area (Å²) >= 11 is 6.05. The van der Waals surface area contributed by atoms with E-state index in [2.05, 4.69) is 6.07 Å². The number of esters is 1. The standard InChI is InChI=1S/C23H16ClNO3/c1-27-22-14-16(13-18(15-25)17-7-3-2-4-8-17)11-12-21(22)28-23(26)19-9-5-6-10-20(19)24/h2-14H,1H3/b18-13-. The Hall–Kier alpha value is -3.55. The molecule has 0 aromatic heterocycles. The first kappa shape index (κ1) is 19.2. The first-order chi connectivity index (χ1) is 13.6. The van der Waals surface area contributed by atoms with Crippen molar-refractivity contribution in [3.8, 4) is 17.6 Å². The predicted molar refractivity (Wildman–Crippen MR) is 109 cm³/mol. The van der Waals surface area contributed by atoms with Crippen molar-refractivity contribution in [3.63, 3.8) is 0 Å². The van der Waals surface area contributed by atoms with E-state index >= 15 is 0 Å². The van der Waals surface area contributed by atoms with E-state index in [0.717, 1.165) is 11.1 Å². The van der Waals surface area contributed by atoms with Crippen LogP contribution in [0, 0.1) is 11.3 Å². The molecule has 0 spiro atoms. The van der Waals surface area contributed by atoms with Crippen molar-refractivity contribution >= 4 is 29.2 Å². The normalized spacial score (nSPS) is 10.8. The van der Waals surface area contributed by atoms with Gasteiger partial charge in [-0.05, 0) is 41.5 Å². The molecular weight excluding hydrogens is 374 g/mol. The van der Waals surface area contributed by atoms with Crippen LogP contribution in [-0.4, -0.2) is 13.1 Å². The molecule has 3 rings (SSSR count). The minimum atomic E-state index is -0.575. The van der Waals surface area contributed by atoms with Gasteiger partial charge in [-0.1, -0.05) is 60.1 Å². The van der Waals surface area contributed by atoms with Gasteiger partial charge in [0.05, 0.1) is 29.3 Å². The summed E-state index contributed by atoms with van der Waals surface area (Å²) in [4.78, 5) is 12.4. The molecule has 0 unspecified atom stereocenters. The van der Waals surface area contributed by atoms with Crippen LogP contribution in [0.1, 0.15) is 21.5 Å². The second kappa shape index (κ2) is 8.90. The number of ether oxygens (including phenoxy) is 2. The van der Waals surface area contributed by atoms with Gasteiger partial charge < -0.3 is 9.47 Å². The maximum absolute atomic E-state index is 12.4. The topological polar surface area (TPSA) is 59.3 Å². The molecule has 0 fully saturated rings. The number of carbonyl (C=O) groups is 1. The highest BCUT2D eigenvalue weighted by atomic mass is 35.5. The fraction of sp³-hybridized carbons (Fsp3) is 0.0435. The van der Waals surface area contributed by atoms with Crippen molar-refractivity contribution in [1.29, 1.82) is 5.26 Å². The molecule has 0 aliphatic heterocycles. The van der Waals surface area contributed by atoms with Gasteiger partial charge in [0, 0.05) is 0 Å². The number of hydrogen-bond acceptors (Lipinski definition) is 4. The summed E-state index contributed by atoms with van der Waals surface area (Å²) < 4.78 is 10.8. The first-order valence-electron chi connectivity index (χ1n) is 8.44. The van der Waals surface area contributed by atoms with Gasteiger partial charge in [0.25, 0.3) is 0 Å². The first-order valence-corrected chi connectivity index (χ1v) is 8.82. The molecule has 0 aliphatic carbocycles. The number of methoxy groups -OCH3 is 1. The van der Waals surface area contributed by atoms with Crippen LogP contribution < -0.4 is 9.47 Å². The molecule has 138 valence electrons. The highest BCUT2D eigenvalue weighted by Crippen LogP contribution is 2.31. The number of carbonyl (C=O) groups excluding carboxylic acids is 1. The Labute approximate surface area is 168 Å². The largest absolute Gasteiger partial charge is 0.493 e. The molecule has 0 saturated heterocycles. The van der Waals surface area contributed by atoms with Gasteiger partial charge in [0.15, 0.2) is 11.5 Å². The van der Waals surface area contributed by atoms with Crippen LogP contribution in [0.3, 0.4) is 0 Å². The fourth-order valence-electron chi connectivity index (χ4n) is 2.60. The minimum absolute atomic E-state index is 0.266. The van der Waals surface area contributed by atoms with Gasteiger partial charge in [-0.2, -0.15) is 5.26 Å². The zero-order valence-electron chi connectivity index (χ0n) is 15.1. The van der Waals surface area contributed by atoms with E-state index in [1.165, 1.54) is 7.11 Å². The minimum Gasteiger partial charge on any atom is -0.493 e.